The molecular weight excluding hydrogens is 390 g/mol. The minimum Gasteiger partial charge on any atom is -0.494 e. The van der Waals surface area contributed by atoms with Gasteiger partial charge in [0.15, 0.2) is 0 Å². The average molecular weight is 436 g/mol. The monoisotopic (exact) mass is 435 g/mol. The molecule has 0 N–H and O–H groups in total. The third kappa shape index (κ3) is 5.18. The lowest BCUT2D eigenvalue weighted by Gasteiger charge is -2.56. The highest BCUT2D eigenvalue weighted by atomic mass is 16.5. The van der Waals surface area contributed by atoms with Crippen molar-refractivity contribution in [1.29, 1.82) is 5.26 Å². The van der Waals surface area contributed by atoms with Crippen molar-refractivity contribution in [2.75, 3.05) is 6.61 Å². The first-order chi connectivity index (χ1) is 15.6. The fourth-order valence-electron chi connectivity index (χ4n) is 7.40. The SMILES string of the molecule is CCCCOc1ccc(C2CCC(CC(C#N)C34CCC(CCC)(CC3)CC4)CC2)cc1. The molecule has 0 spiro atoms. The van der Waals surface area contributed by atoms with Gasteiger partial charge in [-0.05, 0) is 124 Å². The predicted molar refractivity (Wildman–Crippen MR) is 133 cm³/mol. The van der Waals surface area contributed by atoms with Crippen LogP contribution in [0.15, 0.2) is 24.3 Å². The summed E-state index contributed by atoms with van der Waals surface area (Å²) in [7, 11) is 0. The summed E-state index contributed by atoms with van der Waals surface area (Å²) in [4.78, 5) is 0. The highest BCUT2D eigenvalue weighted by Gasteiger charge is 2.51. The fourth-order valence-corrected chi connectivity index (χ4v) is 7.40. The third-order valence-corrected chi connectivity index (χ3v) is 9.67. The number of nitriles is 1. The number of fused-ring (bicyclic) bond motifs is 3. The van der Waals surface area contributed by atoms with Crippen LogP contribution in [0.2, 0.25) is 0 Å². The molecule has 2 nitrogen and oxygen atoms in total. The Morgan fingerprint density at radius 3 is 2.16 bits per heavy atom. The molecule has 0 amide bonds. The Bertz CT molecular complexity index is 728. The fraction of sp³-hybridized carbons (Fsp3) is 0.767. The second-order valence-corrected chi connectivity index (χ2v) is 11.5. The van der Waals surface area contributed by atoms with E-state index in [1.165, 1.54) is 89.0 Å². The molecule has 0 saturated heterocycles. The molecule has 4 saturated carbocycles. The number of hydrogen-bond donors (Lipinski definition) is 0. The Kier molecular flexibility index (Phi) is 7.86. The van der Waals surface area contributed by atoms with Crippen LogP contribution >= 0.6 is 0 Å². The van der Waals surface area contributed by atoms with Gasteiger partial charge < -0.3 is 4.74 Å². The van der Waals surface area contributed by atoms with E-state index in [1.807, 2.05) is 0 Å². The van der Waals surface area contributed by atoms with Gasteiger partial charge in [0, 0.05) is 0 Å². The summed E-state index contributed by atoms with van der Waals surface area (Å²) in [6, 6.07) is 11.7. The van der Waals surface area contributed by atoms with Gasteiger partial charge in [-0.2, -0.15) is 5.26 Å². The Morgan fingerprint density at radius 2 is 1.59 bits per heavy atom. The second-order valence-electron chi connectivity index (χ2n) is 11.5. The van der Waals surface area contributed by atoms with Gasteiger partial charge in [0.05, 0.1) is 18.6 Å². The summed E-state index contributed by atoms with van der Waals surface area (Å²) in [6.07, 6.45) is 19.5. The van der Waals surface area contributed by atoms with Crippen LogP contribution in [-0.4, -0.2) is 6.61 Å². The lowest BCUT2D eigenvalue weighted by molar-refractivity contribution is -0.0442. The van der Waals surface area contributed by atoms with E-state index in [-0.39, 0.29) is 0 Å². The van der Waals surface area contributed by atoms with Crippen LogP contribution < -0.4 is 4.74 Å². The second kappa shape index (κ2) is 10.6. The lowest BCUT2D eigenvalue weighted by atomic mass is 9.48. The maximum atomic E-state index is 10.2. The first-order valence-electron chi connectivity index (χ1n) is 13.7. The van der Waals surface area contributed by atoms with E-state index in [1.54, 1.807) is 0 Å². The van der Waals surface area contributed by atoms with Crippen LogP contribution in [0, 0.1) is 34.0 Å². The zero-order chi connectivity index (χ0) is 22.4. The molecule has 2 bridgehead atoms. The van der Waals surface area contributed by atoms with Crippen molar-refractivity contribution in [3.05, 3.63) is 29.8 Å². The van der Waals surface area contributed by atoms with Gasteiger partial charge in [0.2, 0.25) is 0 Å². The van der Waals surface area contributed by atoms with Crippen molar-refractivity contribution in [1.82, 2.24) is 0 Å². The molecule has 4 aliphatic carbocycles. The van der Waals surface area contributed by atoms with Crippen molar-refractivity contribution >= 4 is 0 Å². The number of hydrogen-bond acceptors (Lipinski definition) is 2. The number of nitrogens with zero attached hydrogens (tertiary/aromatic N) is 1. The molecule has 1 atom stereocenters. The summed E-state index contributed by atoms with van der Waals surface area (Å²) in [6.45, 7) is 5.36. The number of benzene rings is 1. The van der Waals surface area contributed by atoms with Crippen molar-refractivity contribution in [3.8, 4) is 11.8 Å². The molecule has 176 valence electrons. The van der Waals surface area contributed by atoms with Crippen LogP contribution in [-0.2, 0) is 0 Å². The smallest absolute Gasteiger partial charge is 0.119 e. The molecule has 2 heteroatoms. The summed E-state index contributed by atoms with van der Waals surface area (Å²) in [5.74, 6) is 2.75. The average Bonchev–Trinajstić information content (AvgIpc) is 2.85. The molecule has 5 rings (SSSR count). The van der Waals surface area contributed by atoms with Gasteiger partial charge in [-0.1, -0.05) is 38.8 Å². The highest BCUT2D eigenvalue weighted by Crippen LogP contribution is 2.62. The topological polar surface area (TPSA) is 33.0 Å². The molecule has 4 fully saturated rings. The van der Waals surface area contributed by atoms with Crippen LogP contribution in [0.25, 0.3) is 0 Å². The van der Waals surface area contributed by atoms with Gasteiger partial charge in [0.1, 0.15) is 5.75 Å². The molecule has 0 aromatic heterocycles. The van der Waals surface area contributed by atoms with Crippen LogP contribution in [0.1, 0.15) is 122 Å². The number of rotatable bonds is 10. The van der Waals surface area contributed by atoms with Gasteiger partial charge in [-0.3, -0.25) is 0 Å². The Balaban J connectivity index is 1.27. The van der Waals surface area contributed by atoms with Gasteiger partial charge in [0.25, 0.3) is 0 Å². The summed E-state index contributed by atoms with van der Waals surface area (Å²) in [5, 5.41) is 10.2. The Labute approximate surface area is 197 Å². The summed E-state index contributed by atoms with van der Waals surface area (Å²) >= 11 is 0. The minimum atomic E-state index is 0.295. The molecule has 0 heterocycles. The molecular formula is C30H45NO. The van der Waals surface area contributed by atoms with E-state index in [9.17, 15) is 5.26 Å². The van der Waals surface area contributed by atoms with E-state index in [2.05, 4.69) is 44.2 Å². The molecule has 1 unspecified atom stereocenters. The number of unbranched alkanes of at least 4 members (excludes halogenated alkanes) is 1. The largest absolute Gasteiger partial charge is 0.494 e. The Morgan fingerprint density at radius 1 is 0.938 bits per heavy atom. The molecule has 1 aromatic rings. The zero-order valence-electron chi connectivity index (χ0n) is 20.7. The van der Waals surface area contributed by atoms with Gasteiger partial charge >= 0.3 is 0 Å². The van der Waals surface area contributed by atoms with E-state index in [4.69, 9.17) is 4.74 Å². The van der Waals surface area contributed by atoms with E-state index >= 15 is 0 Å². The normalized spacial score (nSPS) is 32.9. The van der Waals surface area contributed by atoms with Crippen molar-refractivity contribution < 1.29 is 4.74 Å². The zero-order valence-corrected chi connectivity index (χ0v) is 20.7. The quantitative estimate of drug-likeness (QED) is 0.344. The molecule has 0 radical (unpaired) electrons. The highest BCUT2D eigenvalue weighted by molar-refractivity contribution is 5.29. The Hall–Kier alpha value is -1.49. The number of ether oxygens (including phenoxy) is 1. The van der Waals surface area contributed by atoms with Crippen LogP contribution in [0.3, 0.4) is 0 Å². The lowest BCUT2D eigenvalue weighted by Crippen LogP contribution is -2.45. The van der Waals surface area contributed by atoms with Crippen molar-refractivity contribution in [3.63, 3.8) is 0 Å². The van der Waals surface area contributed by atoms with Gasteiger partial charge in [-0.25, -0.2) is 0 Å². The molecule has 4 aliphatic rings. The molecule has 0 aliphatic heterocycles. The van der Waals surface area contributed by atoms with E-state index in [0.717, 1.165) is 31.1 Å². The molecule has 32 heavy (non-hydrogen) atoms. The first-order valence-corrected chi connectivity index (χ1v) is 13.7. The van der Waals surface area contributed by atoms with Crippen LogP contribution in [0.4, 0.5) is 0 Å². The predicted octanol–water partition coefficient (Wildman–Crippen LogP) is 8.81. The minimum absolute atomic E-state index is 0.295. The van der Waals surface area contributed by atoms with E-state index < -0.39 is 0 Å². The first kappa shape index (κ1) is 23.7. The summed E-state index contributed by atoms with van der Waals surface area (Å²) in [5.41, 5.74) is 2.48. The van der Waals surface area contributed by atoms with Crippen LogP contribution in [0.5, 0.6) is 5.75 Å². The van der Waals surface area contributed by atoms with Gasteiger partial charge in [-0.15, -0.1) is 0 Å². The van der Waals surface area contributed by atoms with Crippen molar-refractivity contribution in [2.45, 2.75) is 116 Å². The van der Waals surface area contributed by atoms with E-state index in [0.29, 0.717) is 22.7 Å². The van der Waals surface area contributed by atoms with Crippen molar-refractivity contribution in [2.24, 2.45) is 22.7 Å². The molecule has 1 aromatic carbocycles. The maximum absolute atomic E-state index is 10.2. The third-order valence-electron chi connectivity index (χ3n) is 9.67. The maximum Gasteiger partial charge on any atom is 0.119 e. The summed E-state index contributed by atoms with van der Waals surface area (Å²) < 4.78 is 5.83. The standard InChI is InChI=1S/C30H45NO/c1-3-5-21-32-28-12-10-26(11-13-28)25-8-6-24(7-9-25)22-27(23-31)30-18-15-29(14-4-2,16-19-30)17-20-30/h10-13,24-25,27H,3-9,14-22H2,1-2H3.